The Bertz CT molecular complexity index is 587. The van der Waals surface area contributed by atoms with Crippen LogP contribution in [0.2, 0.25) is 5.02 Å². The Balaban J connectivity index is 1.69. The van der Waals surface area contributed by atoms with E-state index in [1.807, 2.05) is 12.2 Å². The highest BCUT2D eigenvalue weighted by molar-refractivity contribution is 6.31. The van der Waals surface area contributed by atoms with Crippen molar-refractivity contribution in [2.24, 2.45) is 5.92 Å². The van der Waals surface area contributed by atoms with Crippen LogP contribution in [-0.4, -0.2) is 23.9 Å². The Kier molecular flexibility index (Phi) is 4.03. The summed E-state index contributed by atoms with van der Waals surface area (Å²) in [5, 5.41) is 13.0. The van der Waals surface area contributed by atoms with Crippen LogP contribution in [0.4, 0.5) is 0 Å². The van der Waals surface area contributed by atoms with Crippen molar-refractivity contribution in [2.75, 3.05) is 6.79 Å². The molecule has 1 aromatic rings. The van der Waals surface area contributed by atoms with Crippen LogP contribution < -0.4 is 14.8 Å². The Morgan fingerprint density at radius 2 is 2.29 bits per heavy atom. The van der Waals surface area contributed by atoms with Crippen molar-refractivity contribution in [1.29, 1.82) is 0 Å². The normalized spacial score (nSPS) is 23.3. The van der Waals surface area contributed by atoms with Gasteiger partial charge in [0.15, 0.2) is 11.5 Å². The van der Waals surface area contributed by atoms with E-state index >= 15 is 0 Å². The Hall–Kier alpha value is -1.72. The molecule has 112 valence electrons. The number of carboxylic acid groups (broad SMARTS) is 1. The molecule has 1 aliphatic heterocycles. The monoisotopic (exact) mass is 309 g/mol. The van der Waals surface area contributed by atoms with Gasteiger partial charge in [-0.25, -0.2) is 0 Å². The number of allylic oxidation sites excluding steroid dienone is 1. The van der Waals surface area contributed by atoms with Crippen molar-refractivity contribution in [3.05, 3.63) is 34.9 Å². The van der Waals surface area contributed by atoms with Crippen LogP contribution in [0.1, 0.15) is 18.4 Å². The van der Waals surface area contributed by atoms with Crippen molar-refractivity contribution in [1.82, 2.24) is 5.32 Å². The zero-order valence-electron chi connectivity index (χ0n) is 11.3. The number of hydrogen-bond acceptors (Lipinski definition) is 4. The molecule has 1 aromatic carbocycles. The zero-order valence-corrected chi connectivity index (χ0v) is 12.1. The topological polar surface area (TPSA) is 67.8 Å². The molecule has 0 spiro atoms. The Morgan fingerprint density at radius 1 is 1.43 bits per heavy atom. The SMILES string of the molecule is O=C(O)[C@@H]1CC=C[C@@H](NCc2c(Cl)ccc3c2OCO3)C1. The number of carboxylic acids is 1. The number of hydrogen-bond donors (Lipinski definition) is 2. The summed E-state index contributed by atoms with van der Waals surface area (Å²) in [6.07, 6.45) is 5.09. The molecule has 0 fully saturated rings. The zero-order chi connectivity index (χ0) is 14.8. The van der Waals surface area contributed by atoms with E-state index in [-0.39, 0.29) is 18.8 Å². The summed E-state index contributed by atoms with van der Waals surface area (Å²) in [7, 11) is 0. The van der Waals surface area contributed by atoms with Crippen LogP contribution >= 0.6 is 11.6 Å². The molecule has 2 aliphatic rings. The molecule has 2 N–H and O–H groups in total. The minimum absolute atomic E-state index is 0.0223. The number of rotatable bonds is 4. The van der Waals surface area contributed by atoms with E-state index < -0.39 is 5.97 Å². The lowest BCUT2D eigenvalue weighted by molar-refractivity contribution is -0.142. The lowest BCUT2D eigenvalue weighted by atomic mass is 9.91. The summed E-state index contributed by atoms with van der Waals surface area (Å²) in [6, 6.07) is 3.59. The van der Waals surface area contributed by atoms with E-state index in [0.717, 1.165) is 5.56 Å². The fraction of sp³-hybridized carbons (Fsp3) is 0.400. The molecule has 3 rings (SSSR count). The molecule has 1 aliphatic carbocycles. The van der Waals surface area contributed by atoms with Gasteiger partial charge in [-0.15, -0.1) is 0 Å². The highest BCUT2D eigenvalue weighted by atomic mass is 35.5. The fourth-order valence-electron chi connectivity index (χ4n) is 2.65. The first-order valence-corrected chi connectivity index (χ1v) is 7.23. The molecule has 0 radical (unpaired) electrons. The third-order valence-electron chi connectivity index (χ3n) is 3.80. The maximum absolute atomic E-state index is 11.1. The van der Waals surface area contributed by atoms with Crippen LogP contribution in [0.15, 0.2) is 24.3 Å². The first-order chi connectivity index (χ1) is 10.1. The number of ether oxygens (including phenoxy) is 2. The maximum atomic E-state index is 11.1. The van der Waals surface area contributed by atoms with Gasteiger partial charge in [0.05, 0.1) is 5.92 Å². The molecular weight excluding hydrogens is 294 g/mol. The average molecular weight is 310 g/mol. The summed E-state index contributed by atoms with van der Waals surface area (Å²) in [4.78, 5) is 11.1. The van der Waals surface area contributed by atoms with Crippen molar-refractivity contribution >= 4 is 17.6 Å². The van der Waals surface area contributed by atoms with Crippen molar-refractivity contribution < 1.29 is 19.4 Å². The second-order valence-corrected chi connectivity index (χ2v) is 5.59. The number of carbonyl (C=O) groups is 1. The van der Waals surface area contributed by atoms with Gasteiger partial charge in [-0.2, -0.15) is 0 Å². The van der Waals surface area contributed by atoms with Gasteiger partial charge in [-0.3, -0.25) is 4.79 Å². The number of aliphatic carboxylic acids is 1. The predicted octanol–water partition coefficient (Wildman–Crippen LogP) is 2.58. The summed E-state index contributed by atoms with van der Waals surface area (Å²) in [5.41, 5.74) is 0.845. The number of benzene rings is 1. The summed E-state index contributed by atoms with van der Waals surface area (Å²) >= 11 is 6.22. The molecule has 0 bridgehead atoms. The molecule has 2 atom stereocenters. The number of halogens is 1. The first kappa shape index (κ1) is 14.2. The standard InChI is InChI=1S/C15H16ClNO4/c16-12-4-5-13-14(21-8-20-13)11(12)7-17-10-3-1-2-9(6-10)15(18)19/h1,3-5,9-10,17H,2,6-8H2,(H,18,19)/t9-,10-/m1/s1. The van der Waals surface area contributed by atoms with Crippen molar-refractivity contribution in [3.63, 3.8) is 0 Å². The molecule has 0 unspecified atom stereocenters. The molecule has 6 heteroatoms. The van der Waals surface area contributed by atoms with E-state index in [1.54, 1.807) is 12.1 Å². The second kappa shape index (κ2) is 5.95. The molecule has 0 saturated heterocycles. The van der Waals surface area contributed by atoms with Gasteiger partial charge in [0.25, 0.3) is 0 Å². The summed E-state index contributed by atoms with van der Waals surface area (Å²) < 4.78 is 10.8. The molecule has 0 amide bonds. The average Bonchev–Trinajstić information content (AvgIpc) is 2.95. The lowest BCUT2D eigenvalue weighted by Gasteiger charge is -2.23. The van der Waals surface area contributed by atoms with Crippen LogP contribution in [0.3, 0.4) is 0 Å². The van der Waals surface area contributed by atoms with Crippen molar-refractivity contribution in [2.45, 2.75) is 25.4 Å². The Morgan fingerprint density at radius 3 is 3.10 bits per heavy atom. The molecule has 21 heavy (non-hydrogen) atoms. The van der Waals surface area contributed by atoms with E-state index in [0.29, 0.717) is 35.9 Å². The first-order valence-electron chi connectivity index (χ1n) is 6.85. The van der Waals surface area contributed by atoms with Crippen LogP contribution in [0, 0.1) is 5.92 Å². The van der Waals surface area contributed by atoms with Gasteiger partial charge < -0.3 is 19.9 Å². The van der Waals surface area contributed by atoms with Crippen LogP contribution in [0.25, 0.3) is 0 Å². The van der Waals surface area contributed by atoms with Gasteiger partial charge >= 0.3 is 5.97 Å². The minimum Gasteiger partial charge on any atom is -0.481 e. The fourth-order valence-corrected chi connectivity index (χ4v) is 2.86. The summed E-state index contributed by atoms with van der Waals surface area (Å²) in [5.74, 6) is 0.286. The third-order valence-corrected chi connectivity index (χ3v) is 4.16. The van der Waals surface area contributed by atoms with E-state index in [4.69, 9.17) is 26.2 Å². The number of nitrogens with one attached hydrogen (secondary N) is 1. The van der Waals surface area contributed by atoms with Crippen molar-refractivity contribution in [3.8, 4) is 11.5 Å². The van der Waals surface area contributed by atoms with Gasteiger partial charge in [0.1, 0.15) is 0 Å². The molecule has 5 nitrogen and oxygen atoms in total. The van der Waals surface area contributed by atoms with E-state index in [1.165, 1.54) is 0 Å². The lowest BCUT2D eigenvalue weighted by Crippen LogP contribution is -2.33. The third kappa shape index (κ3) is 2.99. The highest BCUT2D eigenvalue weighted by Gasteiger charge is 2.25. The van der Waals surface area contributed by atoms with Crippen LogP contribution in [0.5, 0.6) is 11.5 Å². The molecular formula is C15H16ClNO4. The van der Waals surface area contributed by atoms with Gasteiger partial charge in [-0.1, -0.05) is 23.8 Å². The highest BCUT2D eigenvalue weighted by Crippen LogP contribution is 2.39. The quantitative estimate of drug-likeness (QED) is 0.837. The van der Waals surface area contributed by atoms with Gasteiger partial charge in [0, 0.05) is 23.2 Å². The van der Waals surface area contributed by atoms with Crippen LogP contribution in [-0.2, 0) is 11.3 Å². The maximum Gasteiger partial charge on any atom is 0.306 e. The van der Waals surface area contributed by atoms with Gasteiger partial charge in [0.2, 0.25) is 6.79 Å². The molecule has 0 aromatic heterocycles. The molecule has 1 heterocycles. The largest absolute Gasteiger partial charge is 0.481 e. The minimum atomic E-state index is -0.749. The smallest absolute Gasteiger partial charge is 0.306 e. The van der Waals surface area contributed by atoms with Gasteiger partial charge in [-0.05, 0) is 25.0 Å². The summed E-state index contributed by atoms with van der Waals surface area (Å²) in [6.45, 7) is 0.708. The number of fused-ring (bicyclic) bond motifs is 1. The van der Waals surface area contributed by atoms with E-state index in [2.05, 4.69) is 5.32 Å². The van der Waals surface area contributed by atoms with E-state index in [9.17, 15) is 4.79 Å². The second-order valence-electron chi connectivity index (χ2n) is 5.18. The Labute approximate surface area is 127 Å². The molecule has 0 saturated carbocycles. The predicted molar refractivity (Wildman–Crippen MR) is 77.7 cm³/mol.